The summed E-state index contributed by atoms with van der Waals surface area (Å²) < 4.78 is 21.5. The first-order valence-electron chi connectivity index (χ1n) is 10.8. The largest absolute Gasteiger partial charge is 0.503 e. The van der Waals surface area contributed by atoms with Gasteiger partial charge in [-0.2, -0.15) is 0 Å². The molecular weight excluding hydrogens is 488 g/mol. The van der Waals surface area contributed by atoms with Gasteiger partial charge in [-0.1, -0.05) is 30.7 Å². The van der Waals surface area contributed by atoms with Crippen molar-refractivity contribution in [2.45, 2.75) is 44.4 Å². The number of carbonyl (C=O) groups excluding carboxylic acids is 2. The van der Waals surface area contributed by atoms with Crippen molar-refractivity contribution in [1.29, 1.82) is 0 Å². The number of carbonyl (C=O) groups is 2. The lowest BCUT2D eigenvalue weighted by Gasteiger charge is -2.53. The third-order valence-corrected chi connectivity index (χ3v) is 6.56. The summed E-state index contributed by atoms with van der Waals surface area (Å²) in [5, 5.41) is 13.0. The van der Waals surface area contributed by atoms with Crippen LogP contribution in [-0.2, 0) is 16.8 Å². The van der Waals surface area contributed by atoms with Gasteiger partial charge in [-0.15, -0.1) is 12.4 Å². The fourth-order valence-corrected chi connectivity index (χ4v) is 4.78. The van der Waals surface area contributed by atoms with Crippen molar-refractivity contribution in [3.63, 3.8) is 0 Å². The highest BCUT2D eigenvalue weighted by Gasteiger charge is 2.52. The van der Waals surface area contributed by atoms with Crippen LogP contribution < -0.4 is 10.7 Å². The van der Waals surface area contributed by atoms with Gasteiger partial charge in [0, 0.05) is 38.5 Å². The number of fused-ring (bicyclic) bond motifs is 2. The van der Waals surface area contributed by atoms with E-state index in [1.54, 1.807) is 17.7 Å². The Morgan fingerprint density at radius 1 is 1.35 bits per heavy atom. The van der Waals surface area contributed by atoms with Gasteiger partial charge in [0.25, 0.3) is 11.8 Å². The van der Waals surface area contributed by atoms with E-state index in [4.69, 9.17) is 16.3 Å². The summed E-state index contributed by atoms with van der Waals surface area (Å²) in [6.45, 7) is 2.79. The lowest BCUT2D eigenvalue weighted by Crippen LogP contribution is -2.61. The molecule has 1 aromatic heterocycles. The summed E-state index contributed by atoms with van der Waals surface area (Å²) in [5.74, 6) is -2.72. The molecule has 1 aliphatic carbocycles. The topological polar surface area (TPSA) is 101 Å². The molecule has 2 aliphatic rings. The van der Waals surface area contributed by atoms with Crippen LogP contribution in [0.3, 0.4) is 0 Å². The van der Waals surface area contributed by atoms with Crippen LogP contribution >= 0.6 is 24.0 Å². The van der Waals surface area contributed by atoms with Gasteiger partial charge in [-0.25, -0.2) is 4.39 Å². The van der Waals surface area contributed by atoms with Crippen molar-refractivity contribution in [1.82, 2.24) is 14.8 Å². The van der Waals surface area contributed by atoms with Gasteiger partial charge in [-0.05, 0) is 25.3 Å². The fraction of sp³-hybridized carbons (Fsp3) is 0.435. The van der Waals surface area contributed by atoms with Crippen molar-refractivity contribution < 1.29 is 23.8 Å². The van der Waals surface area contributed by atoms with Gasteiger partial charge in [0.2, 0.25) is 5.43 Å². The molecule has 0 unspecified atom stereocenters. The van der Waals surface area contributed by atoms with Crippen LogP contribution in [0.2, 0.25) is 5.02 Å². The molecule has 1 aliphatic heterocycles. The lowest BCUT2D eigenvalue weighted by molar-refractivity contribution is -0.0859. The number of aromatic hydroxyl groups is 1. The molecule has 0 atom stereocenters. The van der Waals surface area contributed by atoms with Gasteiger partial charge >= 0.3 is 0 Å². The fourth-order valence-electron chi connectivity index (χ4n) is 4.58. The molecule has 2 N–H and O–H groups in total. The average Bonchev–Trinajstić information content (AvgIpc) is 2.76. The van der Waals surface area contributed by atoms with E-state index in [1.807, 2.05) is 6.92 Å². The molecule has 1 saturated carbocycles. The third-order valence-electron chi connectivity index (χ3n) is 6.26. The Balaban J connectivity index is 0.00000324. The van der Waals surface area contributed by atoms with Crippen molar-refractivity contribution in [2.75, 3.05) is 20.2 Å². The predicted molar refractivity (Wildman–Crippen MR) is 126 cm³/mol. The van der Waals surface area contributed by atoms with Gasteiger partial charge < -0.3 is 24.6 Å². The van der Waals surface area contributed by atoms with E-state index in [1.165, 1.54) is 23.2 Å². The zero-order valence-electron chi connectivity index (χ0n) is 18.8. The van der Waals surface area contributed by atoms with E-state index in [-0.39, 0.29) is 46.9 Å². The number of benzene rings is 1. The second kappa shape index (κ2) is 9.93. The number of likely N-dealkylation sites (N-methyl/N-ethyl adjacent to an activating group) is 1. The first kappa shape index (κ1) is 26.0. The molecule has 2 aromatic rings. The molecular formula is C23H26Cl2FN3O5. The van der Waals surface area contributed by atoms with Crippen molar-refractivity contribution in [3.8, 4) is 5.75 Å². The van der Waals surface area contributed by atoms with Crippen molar-refractivity contribution >= 4 is 35.8 Å². The van der Waals surface area contributed by atoms with Crippen LogP contribution in [0.25, 0.3) is 0 Å². The highest BCUT2D eigenvalue weighted by Crippen LogP contribution is 2.45. The number of halogens is 3. The number of rotatable bonds is 6. The Morgan fingerprint density at radius 3 is 2.74 bits per heavy atom. The normalized spacial score (nSPS) is 21.0. The Bertz CT molecular complexity index is 1180. The molecule has 1 fully saturated rings. The number of amides is 2. The SMILES string of the molecule is CCCOC1CC2(C1)CN(C)C(=O)c1c(O)c(=O)c(C(=O)NCc3cccc(Cl)c3F)cn12.Cl. The first-order valence-corrected chi connectivity index (χ1v) is 11.1. The molecule has 2 amide bonds. The summed E-state index contributed by atoms with van der Waals surface area (Å²) >= 11 is 5.77. The number of hydrogen-bond donors (Lipinski definition) is 2. The number of nitrogens with one attached hydrogen (secondary N) is 1. The molecule has 8 nitrogen and oxygen atoms in total. The van der Waals surface area contributed by atoms with E-state index in [0.29, 0.717) is 26.0 Å². The lowest BCUT2D eigenvalue weighted by atomic mass is 9.72. The summed E-state index contributed by atoms with van der Waals surface area (Å²) in [6.07, 6.45) is 3.35. The predicted octanol–water partition coefficient (Wildman–Crippen LogP) is 3.07. The van der Waals surface area contributed by atoms with E-state index >= 15 is 0 Å². The number of pyridine rings is 1. The molecule has 2 heterocycles. The van der Waals surface area contributed by atoms with E-state index in [0.717, 1.165) is 6.42 Å². The second-order valence-corrected chi connectivity index (χ2v) is 9.03. The maximum atomic E-state index is 14.1. The minimum Gasteiger partial charge on any atom is -0.503 e. The summed E-state index contributed by atoms with van der Waals surface area (Å²) in [5.41, 5.74) is -1.85. The number of ether oxygens (including phenoxy) is 1. The molecule has 34 heavy (non-hydrogen) atoms. The quantitative estimate of drug-likeness (QED) is 0.618. The standard InChI is InChI=1S/C23H25ClFN3O5.ClH/c1-3-7-33-14-8-23(9-14)12-27(2)22(32)18-20(30)19(29)15(11-28(18)23)21(31)26-10-13-5-4-6-16(24)17(13)25;/h4-6,11,14,30H,3,7-10,12H2,1-2H3,(H,26,31);1H. The van der Waals surface area contributed by atoms with Gasteiger partial charge in [0.1, 0.15) is 11.4 Å². The molecule has 184 valence electrons. The number of hydrogen-bond acceptors (Lipinski definition) is 5. The van der Waals surface area contributed by atoms with Crippen LogP contribution in [0.1, 0.15) is 52.6 Å². The maximum absolute atomic E-state index is 14.1. The Morgan fingerprint density at radius 2 is 2.06 bits per heavy atom. The smallest absolute Gasteiger partial charge is 0.274 e. The maximum Gasteiger partial charge on any atom is 0.274 e. The number of aromatic nitrogens is 1. The molecule has 0 radical (unpaired) electrons. The summed E-state index contributed by atoms with van der Waals surface area (Å²) in [7, 11) is 1.61. The summed E-state index contributed by atoms with van der Waals surface area (Å²) in [6, 6.07) is 4.40. The first-order chi connectivity index (χ1) is 15.7. The minimum absolute atomic E-state index is 0. The molecule has 11 heteroatoms. The average molecular weight is 514 g/mol. The van der Waals surface area contributed by atoms with Gasteiger partial charge in [0.15, 0.2) is 11.4 Å². The van der Waals surface area contributed by atoms with Gasteiger partial charge in [0.05, 0.1) is 16.7 Å². The van der Waals surface area contributed by atoms with Gasteiger partial charge in [-0.3, -0.25) is 14.4 Å². The summed E-state index contributed by atoms with van der Waals surface area (Å²) in [4.78, 5) is 39.8. The van der Waals surface area contributed by atoms with Crippen molar-refractivity contribution in [2.24, 2.45) is 0 Å². The highest BCUT2D eigenvalue weighted by molar-refractivity contribution is 6.30. The molecule has 0 saturated heterocycles. The highest BCUT2D eigenvalue weighted by atomic mass is 35.5. The molecule has 4 rings (SSSR count). The Labute approximate surface area is 207 Å². The van der Waals surface area contributed by atoms with Crippen LogP contribution in [0, 0.1) is 5.82 Å². The van der Waals surface area contributed by atoms with Crippen molar-refractivity contribution in [3.05, 3.63) is 62.3 Å². The van der Waals surface area contributed by atoms with Crippen LogP contribution in [0.15, 0.2) is 29.2 Å². The minimum atomic E-state index is -0.956. The Kier molecular flexibility index (Phi) is 7.59. The van der Waals surface area contributed by atoms with E-state index < -0.39 is 34.3 Å². The van der Waals surface area contributed by atoms with E-state index in [9.17, 15) is 23.9 Å². The molecule has 1 spiro atoms. The van der Waals surface area contributed by atoms with Crippen LogP contribution in [0.4, 0.5) is 4.39 Å². The van der Waals surface area contributed by atoms with E-state index in [2.05, 4.69) is 5.32 Å². The van der Waals surface area contributed by atoms with Crippen LogP contribution in [-0.4, -0.2) is 52.7 Å². The molecule has 0 bridgehead atoms. The zero-order valence-corrected chi connectivity index (χ0v) is 20.3. The second-order valence-electron chi connectivity index (χ2n) is 8.62. The third kappa shape index (κ3) is 4.39. The van der Waals surface area contributed by atoms with Crippen LogP contribution in [0.5, 0.6) is 5.75 Å². The molecule has 1 aromatic carbocycles. The zero-order chi connectivity index (χ0) is 23.9. The monoisotopic (exact) mass is 513 g/mol. The number of nitrogens with zero attached hydrogens (tertiary/aromatic N) is 2. The Hall–Kier alpha value is -2.62.